The number of anilines is 2. The van der Waals surface area contributed by atoms with Crippen LogP contribution in [0.1, 0.15) is 12.8 Å². The van der Waals surface area contributed by atoms with Crippen LogP contribution in [0.3, 0.4) is 0 Å². The van der Waals surface area contributed by atoms with Gasteiger partial charge in [-0.15, -0.1) is 0 Å². The molecule has 0 unspecified atom stereocenters. The number of fused-ring (bicyclic) bond motifs is 1. The molecule has 2 saturated heterocycles. The van der Waals surface area contributed by atoms with Crippen molar-refractivity contribution in [3.63, 3.8) is 0 Å². The van der Waals surface area contributed by atoms with Gasteiger partial charge in [-0.2, -0.15) is 0 Å². The number of carbonyl (C=O) groups is 1. The summed E-state index contributed by atoms with van der Waals surface area (Å²) in [5.41, 5.74) is 3.56. The van der Waals surface area contributed by atoms with Gasteiger partial charge in [0.05, 0.1) is 22.6 Å². The largest absolute Gasteiger partial charge is 0.370 e. The van der Waals surface area contributed by atoms with Crippen LogP contribution in [-0.2, 0) is 4.79 Å². The van der Waals surface area contributed by atoms with Crippen LogP contribution < -0.4 is 9.80 Å². The van der Waals surface area contributed by atoms with E-state index in [0.29, 0.717) is 11.6 Å². The molecule has 5 rings (SSSR count). The van der Waals surface area contributed by atoms with Gasteiger partial charge in [0.2, 0.25) is 5.91 Å². The maximum atomic E-state index is 13.1. The number of hydrogen-bond donors (Lipinski definition) is 0. The number of amides is 1. The summed E-state index contributed by atoms with van der Waals surface area (Å²) >= 11 is 6.34. The summed E-state index contributed by atoms with van der Waals surface area (Å²) in [7, 11) is 0. The number of hydrogen-bond acceptors (Lipinski definition) is 6. The van der Waals surface area contributed by atoms with Crippen LogP contribution in [0.2, 0.25) is 5.02 Å². The lowest BCUT2D eigenvalue weighted by Gasteiger charge is -2.40. The zero-order valence-corrected chi connectivity index (χ0v) is 18.1. The van der Waals surface area contributed by atoms with Crippen LogP contribution in [0.15, 0.2) is 48.9 Å². The van der Waals surface area contributed by atoms with E-state index in [1.54, 1.807) is 12.4 Å². The summed E-state index contributed by atoms with van der Waals surface area (Å²) in [4.78, 5) is 32.7. The van der Waals surface area contributed by atoms with Gasteiger partial charge in [0.1, 0.15) is 5.52 Å². The van der Waals surface area contributed by atoms with Gasteiger partial charge in [0.15, 0.2) is 5.65 Å². The van der Waals surface area contributed by atoms with E-state index in [0.717, 1.165) is 74.0 Å². The zero-order chi connectivity index (χ0) is 21.2. The second kappa shape index (κ2) is 8.67. The van der Waals surface area contributed by atoms with Crippen LogP contribution >= 0.6 is 11.6 Å². The Morgan fingerprint density at radius 3 is 2.42 bits per heavy atom. The van der Waals surface area contributed by atoms with Gasteiger partial charge in [-0.05, 0) is 31.0 Å². The maximum Gasteiger partial charge on any atom is 0.225 e. The first-order valence-electron chi connectivity index (χ1n) is 10.8. The second-order valence-corrected chi connectivity index (χ2v) is 8.52. The van der Waals surface area contributed by atoms with E-state index < -0.39 is 0 Å². The zero-order valence-electron chi connectivity index (χ0n) is 17.3. The maximum absolute atomic E-state index is 13.1. The third-order valence-corrected chi connectivity index (χ3v) is 6.62. The van der Waals surface area contributed by atoms with Gasteiger partial charge in [0.25, 0.3) is 0 Å². The average Bonchev–Trinajstić information content (AvgIpc) is 2.84. The predicted octanol–water partition coefficient (Wildman–Crippen LogP) is 3.24. The smallest absolute Gasteiger partial charge is 0.225 e. The lowest BCUT2D eigenvalue weighted by atomic mass is 9.94. The molecule has 2 fully saturated rings. The highest BCUT2D eigenvalue weighted by atomic mass is 35.5. The van der Waals surface area contributed by atoms with Gasteiger partial charge < -0.3 is 14.7 Å². The standard InChI is InChI=1S/C23H25ClN6O/c24-19-3-1-2-4-21(19)29-11-13-30(14-12-29)23(31)17-5-9-28(10-6-17)18-15-20-22(27-16-18)26-8-7-25-20/h1-4,7-8,15-17H,5-6,9-14H2. The number of nitrogens with zero attached hydrogens (tertiary/aromatic N) is 6. The lowest BCUT2D eigenvalue weighted by molar-refractivity contribution is -0.136. The van der Waals surface area contributed by atoms with Crippen molar-refractivity contribution in [1.82, 2.24) is 19.9 Å². The second-order valence-electron chi connectivity index (χ2n) is 8.12. The number of halogens is 1. The van der Waals surface area contributed by atoms with Crippen LogP contribution in [0, 0.1) is 5.92 Å². The number of aromatic nitrogens is 3. The Kier molecular flexibility index (Phi) is 5.59. The van der Waals surface area contributed by atoms with E-state index in [1.165, 1.54) is 0 Å². The Bertz CT molecular complexity index is 1080. The van der Waals surface area contributed by atoms with Crippen molar-refractivity contribution in [2.45, 2.75) is 12.8 Å². The van der Waals surface area contributed by atoms with Crippen molar-refractivity contribution in [3.05, 3.63) is 53.9 Å². The first-order chi connectivity index (χ1) is 15.2. The van der Waals surface area contributed by atoms with Gasteiger partial charge in [-0.25, -0.2) is 9.97 Å². The molecule has 0 radical (unpaired) electrons. The first-order valence-corrected chi connectivity index (χ1v) is 11.2. The number of pyridine rings is 1. The molecule has 2 aliphatic heterocycles. The molecule has 31 heavy (non-hydrogen) atoms. The van der Waals surface area contributed by atoms with Crippen LogP contribution in [-0.4, -0.2) is 65.0 Å². The molecule has 0 N–H and O–H groups in total. The molecule has 7 nitrogen and oxygen atoms in total. The number of para-hydroxylation sites is 1. The number of piperidine rings is 1. The highest BCUT2D eigenvalue weighted by Gasteiger charge is 2.31. The number of benzene rings is 1. The van der Waals surface area contributed by atoms with Gasteiger partial charge >= 0.3 is 0 Å². The van der Waals surface area contributed by atoms with Crippen molar-refractivity contribution in [3.8, 4) is 0 Å². The van der Waals surface area contributed by atoms with E-state index in [9.17, 15) is 4.79 Å². The Balaban J connectivity index is 1.16. The summed E-state index contributed by atoms with van der Waals surface area (Å²) < 4.78 is 0. The Labute approximate surface area is 186 Å². The molecule has 1 amide bonds. The summed E-state index contributed by atoms with van der Waals surface area (Å²) in [5.74, 6) is 0.386. The van der Waals surface area contributed by atoms with E-state index in [1.807, 2.05) is 41.4 Å². The van der Waals surface area contributed by atoms with Crippen LogP contribution in [0.5, 0.6) is 0 Å². The molecule has 0 aliphatic carbocycles. The molecule has 1 aromatic carbocycles. The normalized spacial score (nSPS) is 17.9. The molecule has 0 saturated carbocycles. The Morgan fingerprint density at radius 1 is 0.903 bits per heavy atom. The molecule has 4 heterocycles. The van der Waals surface area contributed by atoms with Crippen molar-refractivity contribution >= 4 is 40.0 Å². The van der Waals surface area contributed by atoms with Crippen molar-refractivity contribution < 1.29 is 4.79 Å². The summed E-state index contributed by atoms with van der Waals surface area (Å²) in [5, 5.41) is 0.767. The Morgan fingerprint density at radius 2 is 1.65 bits per heavy atom. The fourth-order valence-corrected chi connectivity index (χ4v) is 4.79. The highest BCUT2D eigenvalue weighted by molar-refractivity contribution is 6.33. The third-order valence-electron chi connectivity index (χ3n) is 6.30. The van der Waals surface area contributed by atoms with Crippen LogP contribution in [0.25, 0.3) is 11.2 Å². The molecule has 2 aromatic heterocycles. The van der Waals surface area contributed by atoms with E-state index in [-0.39, 0.29) is 5.92 Å². The minimum absolute atomic E-state index is 0.0938. The molecule has 2 aliphatic rings. The monoisotopic (exact) mass is 436 g/mol. The van der Waals surface area contributed by atoms with Crippen molar-refractivity contribution in [1.29, 1.82) is 0 Å². The molecule has 0 bridgehead atoms. The van der Waals surface area contributed by atoms with Crippen molar-refractivity contribution in [2.24, 2.45) is 5.92 Å². The number of piperazine rings is 1. The average molecular weight is 437 g/mol. The lowest BCUT2D eigenvalue weighted by Crippen LogP contribution is -2.51. The SMILES string of the molecule is O=C(C1CCN(c2cnc3nccnc3c2)CC1)N1CCN(c2ccccc2Cl)CC1. The van der Waals surface area contributed by atoms with Gasteiger partial charge in [-0.3, -0.25) is 9.78 Å². The molecular formula is C23H25ClN6O. The fraction of sp³-hybridized carbons (Fsp3) is 0.391. The highest BCUT2D eigenvalue weighted by Crippen LogP contribution is 2.28. The minimum Gasteiger partial charge on any atom is -0.370 e. The van der Waals surface area contributed by atoms with Gasteiger partial charge in [0, 0.05) is 57.6 Å². The molecule has 160 valence electrons. The third kappa shape index (κ3) is 4.14. The quantitative estimate of drug-likeness (QED) is 0.628. The molecule has 0 spiro atoms. The number of carbonyl (C=O) groups excluding carboxylic acids is 1. The van der Waals surface area contributed by atoms with Crippen molar-refractivity contribution in [2.75, 3.05) is 49.1 Å². The van der Waals surface area contributed by atoms with Gasteiger partial charge in [-0.1, -0.05) is 23.7 Å². The summed E-state index contributed by atoms with van der Waals surface area (Å²) in [6, 6.07) is 9.94. The molecule has 0 atom stereocenters. The van der Waals surface area contributed by atoms with E-state index in [2.05, 4.69) is 24.8 Å². The molecular weight excluding hydrogens is 412 g/mol. The van der Waals surface area contributed by atoms with E-state index in [4.69, 9.17) is 11.6 Å². The van der Waals surface area contributed by atoms with E-state index >= 15 is 0 Å². The molecule has 8 heteroatoms. The fourth-order valence-electron chi connectivity index (χ4n) is 4.54. The minimum atomic E-state index is 0.0938. The van der Waals surface area contributed by atoms with Crippen LogP contribution in [0.4, 0.5) is 11.4 Å². The first kappa shape index (κ1) is 20.0. The summed E-state index contributed by atoms with van der Waals surface area (Å²) in [6.07, 6.45) is 6.92. The Hall–Kier alpha value is -2.93. The topological polar surface area (TPSA) is 65.5 Å². The molecule has 3 aromatic rings. The predicted molar refractivity (Wildman–Crippen MR) is 123 cm³/mol. The summed E-state index contributed by atoms with van der Waals surface area (Å²) in [6.45, 7) is 4.83. The number of rotatable bonds is 3.